The Balaban J connectivity index is 1.84. The lowest BCUT2D eigenvalue weighted by atomic mass is 10.2. The number of hydrogen-bond donors (Lipinski definition) is 2. The third-order valence-corrected chi connectivity index (χ3v) is 3.43. The van der Waals surface area contributed by atoms with Crippen molar-refractivity contribution >= 4 is 27.7 Å². The van der Waals surface area contributed by atoms with Crippen LogP contribution in [-0.2, 0) is 4.79 Å². The summed E-state index contributed by atoms with van der Waals surface area (Å²) in [5, 5.41) is 0. The van der Waals surface area contributed by atoms with E-state index in [1.165, 1.54) is 12.1 Å². The summed E-state index contributed by atoms with van der Waals surface area (Å²) in [6.45, 7) is 1.56. The summed E-state index contributed by atoms with van der Waals surface area (Å²) in [6.07, 6.45) is -0.801. The van der Waals surface area contributed by atoms with E-state index in [4.69, 9.17) is 4.74 Å². The number of ether oxygens (including phenoxy) is 1. The molecule has 1 atom stereocenters. The van der Waals surface area contributed by atoms with Gasteiger partial charge in [0.2, 0.25) is 0 Å². The largest absolute Gasteiger partial charge is 0.481 e. The molecule has 2 aromatic rings. The minimum absolute atomic E-state index is 0.230. The molecule has 0 bridgehead atoms. The number of hydrogen-bond acceptors (Lipinski definition) is 3. The quantitative estimate of drug-likeness (QED) is 0.801. The number of nitrogens with one attached hydrogen (secondary N) is 2. The van der Waals surface area contributed by atoms with Crippen LogP contribution in [0.25, 0.3) is 0 Å². The van der Waals surface area contributed by atoms with Gasteiger partial charge in [-0.05, 0) is 55.5 Å². The van der Waals surface area contributed by atoms with Crippen molar-refractivity contribution in [3.63, 3.8) is 0 Å². The van der Waals surface area contributed by atoms with Crippen molar-refractivity contribution in [2.75, 3.05) is 0 Å². The van der Waals surface area contributed by atoms with Gasteiger partial charge in [-0.25, -0.2) is 4.39 Å². The minimum Gasteiger partial charge on any atom is -0.481 e. The Labute approximate surface area is 140 Å². The molecule has 1 unspecified atom stereocenters. The molecule has 0 spiro atoms. The highest BCUT2D eigenvalue weighted by molar-refractivity contribution is 9.10. The van der Waals surface area contributed by atoms with Gasteiger partial charge in [-0.2, -0.15) is 0 Å². The van der Waals surface area contributed by atoms with E-state index in [0.29, 0.717) is 5.75 Å². The van der Waals surface area contributed by atoms with Gasteiger partial charge < -0.3 is 4.74 Å². The standard InChI is InChI=1S/C16H14BrFN2O3/c1-10(23-14-8-4-12(17)5-9-14)15(21)19-20-16(22)11-2-6-13(18)7-3-11/h2-10H,1H3,(H,19,21)(H,20,22). The molecule has 23 heavy (non-hydrogen) atoms. The molecule has 7 heteroatoms. The molecule has 0 heterocycles. The first-order valence-corrected chi connectivity index (χ1v) is 7.53. The van der Waals surface area contributed by atoms with Crippen LogP contribution in [-0.4, -0.2) is 17.9 Å². The second kappa shape index (κ2) is 7.73. The fourth-order valence-corrected chi connectivity index (χ4v) is 1.93. The van der Waals surface area contributed by atoms with E-state index in [-0.39, 0.29) is 5.56 Å². The number of halogens is 2. The first-order valence-electron chi connectivity index (χ1n) is 6.73. The minimum atomic E-state index is -0.801. The molecular formula is C16H14BrFN2O3. The van der Waals surface area contributed by atoms with Crippen molar-refractivity contribution in [2.24, 2.45) is 0 Å². The number of amides is 2. The maximum atomic E-state index is 12.8. The molecule has 2 rings (SSSR count). The van der Waals surface area contributed by atoms with Crippen LogP contribution in [0.2, 0.25) is 0 Å². The monoisotopic (exact) mass is 380 g/mol. The summed E-state index contributed by atoms with van der Waals surface area (Å²) in [6, 6.07) is 12.0. The van der Waals surface area contributed by atoms with Crippen molar-refractivity contribution in [2.45, 2.75) is 13.0 Å². The third-order valence-electron chi connectivity index (χ3n) is 2.90. The zero-order valence-electron chi connectivity index (χ0n) is 12.2. The van der Waals surface area contributed by atoms with Gasteiger partial charge in [0.25, 0.3) is 11.8 Å². The fraction of sp³-hybridized carbons (Fsp3) is 0.125. The van der Waals surface area contributed by atoms with Gasteiger partial charge >= 0.3 is 0 Å². The summed E-state index contributed by atoms with van der Waals surface area (Å²) in [5.41, 5.74) is 4.74. The van der Waals surface area contributed by atoms with Crippen LogP contribution in [0.4, 0.5) is 4.39 Å². The van der Waals surface area contributed by atoms with E-state index in [2.05, 4.69) is 26.8 Å². The SMILES string of the molecule is CC(Oc1ccc(Br)cc1)C(=O)NNC(=O)c1ccc(F)cc1. The van der Waals surface area contributed by atoms with Crippen LogP contribution >= 0.6 is 15.9 Å². The summed E-state index contributed by atoms with van der Waals surface area (Å²) in [4.78, 5) is 23.7. The molecule has 0 saturated heterocycles. The molecule has 0 fully saturated rings. The molecule has 2 N–H and O–H groups in total. The van der Waals surface area contributed by atoms with Crippen LogP contribution < -0.4 is 15.6 Å². The molecule has 0 aromatic heterocycles. The molecule has 2 aromatic carbocycles. The average molecular weight is 381 g/mol. The number of carbonyl (C=O) groups excluding carboxylic acids is 2. The first-order chi connectivity index (χ1) is 11.0. The van der Waals surface area contributed by atoms with Gasteiger partial charge in [0.15, 0.2) is 6.10 Å². The smallest absolute Gasteiger partial charge is 0.279 e. The predicted molar refractivity (Wildman–Crippen MR) is 86.2 cm³/mol. The number of rotatable bonds is 4. The molecule has 2 amide bonds. The highest BCUT2D eigenvalue weighted by Crippen LogP contribution is 2.17. The van der Waals surface area contributed by atoms with E-state index in [1.54, 1.807) is 31.2 Å². The Hall–Kier alpha value is -2.41. The maximum absolute atomic E-state index is 12.8. The topological polar surface area (TPSA) is 67.4 Å². The molecular weight excluding hydrogens is 367 g/mol. The zero-order valence-corrected chi connectivity index (χ0v) is 13.8. The average Bonchev–Trinajstić information content (AvgIpc) is 2.55. The highest BCUT2D eigenvalue weighted by atomic mass is 79.9. The van der Waals surface area contributed by atoms with Gasteiger partial charge in [-0.15, -0.1) is 0 Å². The van der Waals surface area contributed by atoms with Crippen molar-refractivity contribution in [1.29, 1.82) is 0 Å². The number of benzene rings is 2. The van der Waals surface area contributed by atoms with Crippen molar-refractivity contribution < 1.29 is 18.7 Å². The van der Waals surface area contributed by atoms with Crippen LogP contribution in [0.15, 0.2) is 53.0 Å². The molecule has 0 saturated carbocycles. The normalized spacial score (nSPS) is 11.4. The highest BCUT2D eigenvalue weighted by Gasteiger charge is 2.15. The second-order valence-corrected chi connectivity index (χ2v) is 5.58. The molecule has 0 aliphatic heterocycles. The Morgan fingerprint density at radius 1 is 1.04 bits per heavy atom. The second-order valence-electron chi connectivity index (χ2n) is 4.66. The molecule has 0 aliphatic carbocycles. The van der Waals surface area contributed by atoms with E-state index >= 15 is 0 Å². The summed E-state index contributed by atoms with van der Waals surface area (Å²) >= 11 is 3.30. The molecule has 5 nitrogen and oxygen atoms in total. The summed E-state index contributed by atoms with van der Waals surface area (Å²) in [5.74, 6) is -0.972. The first kappa shape index (κ1) is 17.0. The zero-order chi connectivity index (χ0) is 16.8. The number of carbonyl (C=O) groups is 2. The van der Waals surface area contributed by atoms with E-state index in [1.807, 2.05) is 0 Å². The van der Waals surface area contributed by atoms with E-state index in [9.17, 15) is 14.0 Å². The molecule has 120 valence electrons. The van der Waals surface area contributed by atoms with Crippen molar-refractivity contribution in [1.82, 2.24) is 10.9 Å². The predicted octanol–water partition coefficient (Wildman–Crippen LogP) is 2.82. The van der Waals surface area contributed by atoms with Crippen LogP contribution in [0.3, 0.4) is 0 Å². The van der Waals surface area contributed by atoms with E-state index < -0.39 is 23.7 Å². The van der Waals surface area contributed by atoms with Gasteiger partial charge in [0, 0.05) is 10.0 Å². The molecule has 0 aliphatic rings. The van der Waals surface area contributed by atoms with Gasteiger partial charge in [0.05, 0.1) is 0 Å². The lowest BCUT2D eigenvalue weighted by Crippen LogP contribution is -2.47. The van der Waals surface area contributed by atoms with Gasteiger partial charge in [0.1, 0.15) is 11.6 Å². The lowest BCUT2D eigenvalue weighted by Gasteiger charge is -2.15. The van der Waals surface area contributed by atoms with Crippen LogP contribution in [0, 0.1) is 5.82 Å². The molecule has 0 radical (unpaired) electrons. The Morgan fingerprint density at radius 2 is 1.65 bits per heavy atom. The van der Waals surface area contributed by atoms with Crippen molar-refractivity contribution in [3.8, 4) is 5.75 Å². The Bertz CT molecular complexity index is 689. The number of hydrazine groups is 1. The van der Waals surface area contributed by atoms with Gasteiger partial charge in [-0.3, -0.25) is 20.4 Å². The van der Waals surface area contributed by atoms with Crippen LogP contribution in [0.5, 0.6) is 5.75 Å². The van der Waals surface area contributed by atoms with Gasteiger partial charge in [-0.1, -0.05) is 15.9 Å². The fourth-order valence-electron chi connectivity index (χ4n) is 1.66. The van der Waals surface area contributed by atoms with Crippen molar-refractivity contribution in [3.05, 3.63) is 64.4 Å². The van der Waals surface area contributed by atoms with E-state index in [0.717, 1.165) is 16.6 Å². The maximum Gasteiger partial charge on any atom is 0.279 e. The Morgan fingerprint density at radius 3 is 2.26 bits per heavy atom. The lowest BCUT2D eigenvalue weighted by molar-refractivity contribution is -0.128. The third kappa shape index (κ3) is 5.07. The Kier molecular flexibility index (Phi) is 5.70. The summed E-state index contributed by atoms with van der Waals surface area (Å²) in [7, 11) is 0. The summed E-state index contributed by atoms with van der Waals surface area (Å²) < 4.78 is 19.1. The van der Waals surface area contributed by atoms with Crippen LogP contribution in [0.1, 0.15) is 17.3 Å².